The average molecular weight is 273 g/mol. The Balaban J connectivity index is 3.67. The number of rotatable bonds is 9. The minimum atomic E-state index is -4.38. The highest BCUT2D eigenvalue weighted by Gasteiger charge is 2.28. The van der Waals surface area contributed by atoms with E-state index in [1.807, 2.05) is 6.92 Å². The summed E-state index contributed by atoms with van der Waals surface area (Å²) in [5.41, 5.74) is 0. The van der Waals surface area contributed by atoms with Crippen LogP contribution in [0.1, 0.15) is 26.2 Å². The first-order valence-corrected chi connectivity index (χ1v) is 9.16. The summed E-state index contributed by atoms with van der Waals surface area (Å²) in [5.74, 6) is -0.896. The van der Waals surface area contributed by atoms with Crippen LogP contribution in [0.25, 0.3) is 0 Å². The van der Waals surface area contributed by atoms with E-state index in [-0.39, 0.29) is 6.16 Å². The molecule has 0 spiro atoms. The van der Waals surface area contributed by atoms with Crippen LogP contribution < -0.4 is 5.32 Å². The Morgan fingerprint density at radius 2 is 1.69 bits per heavy atom. The van der Waals surface area contributed by atoms with Crippen molar-refractivity contribution in [1.29, 1.82) is 0 Å². The van der Waals surface area contributed by atoms with Gasteiger partial charge >= 0.3 is 7.60 Å². The Morgan fingerprint density at radius 1 is 1.06 bits per heavy atom. The summed E-state index contributed by atoms with van der Waals surface area (Å²) < 4.78 is 21.9. The van der Waals surface area contributed by atoms with E-state index in [4.69, 9.17) is 9.79 Å². The van der Waals surface area contributed by atoms with Gasteiger partial charge < -0.3 is 20.0 Å². The molecule has 0 rings (SSSR count). The molecule has 0 aliphatic heterocycles. The minimum absolute atomic E-state index is 0.00969. The Labute approximate surface area is 96.1 Å². The average Bonchev–Trinajstić information content (AvgIpc) is 2.06. The highest BCUT2D eigenvalue weighted by molar-refractivity contribution is 7.72. The van der Waals surface area contributed by atoms with Gasteiger partial charge in [0.1, 0.15) is 5.90 Å². The number of unbranched alkanes of at least 4 members (excludes halogenated alkanes) is 2. The van der Waals surface area contributed by atoms with E-state index in [9.17, 15) is 14.0 Å². The first-order chi connectivity index (χ1) is 7.27. The Morgan fingerprint density at radius 3 is 2.19 bits per heavy atom. The maximum absolute atomic E-state index is 11.4. The predicted octanol–water partition coefficient (Wildman–Crippen LogP) is 1.17. The van der Waals surface area contributed by atoms with E-state index in [1.165, 1.54) is 0 Å². The number of nitrogens with one attached hydrogen (secondary N) is 1. The normalized spacial score (nSPS) is 16.0. The number of hydrogen-bond donors (Lipinski definition) is 4. The molecule has 0 aromatic heterocycles. The highest BCUT2D eigenvalue weighted by atomic mass is 31.2. The molecule has 8 heteroatoms. The molecule has 16 heavy (non-hydrogen) atoms. The summed E-state index contributed by atoms with van der Waals surface area (Å²) in [7, 11) is -8.03. The molecule has 0 saturated carbocycles. The van der Waals surface area contributed by atoms with E-state index in [0.29, 0.717) is 6.42 Å². The van der Waals surface area contributed by atoms with E-state index in [1.54, 1.807) is 0 Å². The first kappa shape index (κ1) is 16.3. The maximum atomic E-state index is 11.4. The van der Waals surface area contributed by atoms with Crippen molar-refractivity contribution in [3.63, 3.8) is 0 Å². The topological polar surface area (TPSA) is 107 Å². The van der Waals surface area contributed by atoms with Crippen molar-refractivity contribution in [1.82, 2.24) is 5.32 Å². The van der Waals surface area contributed by atoms with Crippen molar-refractivity contribution in [2.45, 2.75) is 26.2 Å². The van der Waals surface area contributed by atoms with E-state index in [0.717, 1.165) is 25.9 Å². The van der Waals surface area contributed by atoms with Gasteiger partial charge in [0, 0.05) is 6.16 Å². The fraction of sp³-hybridized carbons (Fsp3) is 1.00. The van der Waals surface area contributed by atoms with Gasteiger partial charge in [-0.15, -0.1) is 0 Å². The van der Waals surface area contributed by atoms with Crippen molar-refractivity contribution in [3.05, 3.63) is 0 Å². The van der Waals surface area contributed by atoms with Crippen LogP contribution in [0.3, 0.4) is 0 Å². The molecule has 0 amide bonds. The van der Waals surface area contributed by atoms with Gasteiger partial charge in [-0.2, -0.15) is 0 Å². The third-order valence-electron chi connectivity index (χ3n) is 2.02. The molecule has 0 aromatic carbocycles. The van der Waals surface area contributed by atoms with Crippen LogP contribution in [0.2, 0.25) is 0 Å². The molecule has 0 aliphatic carbocycles. The second kappa shape index (κ2) is 7.59. The lowest BCUT2D eigenvalue weighted by Gasteiger charge is -2.12. The van der Waals surface area contributed by atoms with Gasteiger partial charge in [-0.1, -0.05) is 13.3 Å². The van der Waals surface area contributed by atoms with Crippen LogP contribution in [0.15, 0.2) is 0 Å². The Kier molecular flexibility index (Phi) is 7.73. The van der Waals surface area contributed by atoms with E-state index >= 15 is 0 Å². The zero-order chi connectivity index (χ0) is 12.7. The monoisotopic (exact) mass is 273 g/mol. The summed E-state index contributed by atoms with van der Waals surface area (Å²) in [6.07, 6.45) is 2.21. The van der Waals surface area contributed by atoms with Gasteiger partial charge in [0.05, 0.1) is 0 Å². The molecule has 4 N–H and O–H groups in total. The summed E-state index contributed by atoms with van der Waals surface area (Å²) in [5, 5.41) is 3.13. The van der Waals surface area contributed by atoms with Crippen LogP contribution in [0.4, 0.5) is 0 Å². The fourth-order valence-corrected chi connectivity index (χ4v) is 4.91. The van der Waals surface area contributed by atoms with Gasteiger partial charge in [-0.3, -0.25) is 9.13 Å². The van der Waals surface area contributed by atoms with Crippen molar-refractivity contribution in [2.24, 2.45) is 0 Å². The summed E-state index contributed by atoms with van der Waals surface area (Å²) in [6.45, 7) is 3.77. The van der Waals surface area contributed by atoms with Crippen LogP contribution in [0.5, 0.6) is 0 Å². The SMILES string of the molecule is CCNCCCCCP(=O)(O)CP(=O)(O)O. The van der Waals surface area contributed by atoms with Gasteiger partial charge in [0.25, 0.3) is 0 Å². The summed E-state index contributed by atoms with van der Waals surface area (Å²) in [4.78, 5) is 26.5. The lowest BCUT2D eigenvalue weighted by molar-refractivity contribution is 0.375. The zero-order valence-electron chi connectivity index (χ0n) is 9.50. The molecule has 6 nitrogen and oxygen atoms in total. The summed E-state index contributed by atoms with van der Waals surface area (Å²) in [6, 6.07) is 0. The number of hydrogen-bond acceptors (Lipinski definition) is 3. The molecule has 0 fully saturated rings. The predicted molar refractivity (Wildman–Crippen MR) is 64.0 cm³/mol. The molecule has 0 aliphatic rings. The maximum Gasteiger partial charge on any atom is 0.335 e. The molecule has 1 unspecified atom stereocenters. The lowest BCUT2D eigenvalue weighted by Crippen LogP contribution is -2.13. The third kappa shape index (κ3) is 10.8. The fourth-order valence-electron chi connectivity index (χ4n) is 1.32. The van der Waals surface area contributed by atoms with Crippen LogP contribution in [-0.4, -0.2) is 39.8 Å². The van der Waals surface area contributed by atoms with Crippen LogP contribution in [0, 0.1) is 0 Å². The molecular weight excluding hydrogens is 252 g/mol. The van der Waals surface area contributed by atoms with Gasteiger partial charge in [0.15, 0.2) is 0 Å². The Hall–Kier alpha value is 0.300. The molecular formula is C8H21NO5P2. The lowest BCUT2D eigenvalue weighted by atomic mass is 10.2. The van der Waals surface area contributed by atoms with Gasteiger partial charge in [0.2, 0.25) is 7.37 Å². The molecule has 0 aromatic rings. The quantitative estimate of drug-likeness (QED) is 0.371. The second-order valence-electron chi connectivity index (χ2n) is 3.79. The van der Waals surface area contributed by atoms with Gasteiger partial charge in [-0.25, -0.2) is 0 Å². The minimum Gasteiger partial charge on any atom is -0.344 e. The first-order valence-electron chi connectivity index (χ1n) is 5.33. The second-order valence-corrected chi connectivity index (χ2v) is 8.39. The van der Waals surface area contributed by atoms with Crippen molar-refractivity contribution >= 4 is 15.0 Å². The molecule has 0 radical (unpaired) electrons. The van der Waals surface area contributed by atoms with Crippen molar-refractivity contribution in [3.8, 4) is 0 Å². The Bertz CT molecular complexity index is 278. The van der Waals surface area contributed by atoms with E-state index < -0.39 is 20.9 Å². The van der Waals surface area contributed by atoms with Crippen LogP contribution >= 0.6 is 15.0 Å². The zero-order valence-corrected chi connectivity index (χ0v) is 11.3. The highest BCUT2D eigenvalue weighted by Crippen LogP contribution is 2.54. The molecule has 1 atom stereocenters. The largest absolute Gasteiger partial charge is 0.344 e. The van der Waals surface area contributed by atoms with Crippen LogP contribution in [-0.2, 0) is 9.13 Å². The molecule has 0 heterocycles. The molecule has 0 bridgehead atoms. The van der Waals surface area contributed by atoms with Gasteiger partial charge in [-0.05, 0) is 25.9 Å². The third-order valence-corrected chi connectivity index (χ3v) is 6.27. The standard InChI is InChI=1S/C8H21NO5P2/c1-2-9-6-4-3-5-7-15(10,11)8-16(12,13)14/h9H,2-8H2,1H3,(H,10,11)(H2,12,13,14). The van der Waals surface area contributed by atoms with Crippen molar-refractivity contribution in [2.75, 3.05) is 25.2 Å². The van der Waals surface area contributed by atoms with Crippen molar-refractivity contribution < 1.29 is 23.8 Å². The molecule has 98 valence electrons. The van der Waals surface area contributed by atoms with E-state index in [2.05, 4.69) is 5.32 Å². The smallest absolute Gasteiger partial charge is 0.335 e. The summed E-state index contributed by atoms with van der Waals surface area (Å²) >= 11 is 0. The molecule has 0 saturated heterocycles.